The zero-order valence-corrected chi connectivity index (χ0v) is 7.25. The van der Waals surface area contributed by atoms with Crippen LogP contribution in [0.4, 0.5) is 0 Å². The van der Waals surface area contributed by atoms with E-state index in [1.165, 1.54) is 12.3 Å². The Bertz CT molecular complexity index is 338. The van der Waals surface area contributed by atoms with Crippen LogP contribution in [0.3, 0.4) is 0 Å². The molecule has 0 unspecified atom stereocenters. The molecule has 7 heteroatoms. The third kappa shape index (κ3) is 2.65. The van der Waals surface area contributed by atoms with Crippen LogP contribution in [-0.4, -0.2) is 13.4 Å². The van der Waals surface area contributed by atoms with E-state index in [4.69, 9.17) is 0 Å². The van der Waals surface area contributed by atoms with Gasteiger partial charge < -0.3 is 4.18 Å². The van der Waals surface area contributed by atoms with Crippen molar-refractivity contribution in [1.29, 1.82) is 0 Å². The molecule has 0 amide bonds. The van der Waals surface area contributed by atoms with Crippen LogP contribution in [0.5, 0.6) is 5.88 Å². The van der Waals surface area contributed by atoms with Gasteiger partial charge in [-0.2, -0.15) is 8.42 Å². The minimum absolute atomic E-state index is 0.0989. The molecule has 1 heterocycles. The standard InChI is InChI=1S/C5H4ClNO4S/c6-11-12(8,9)10-5-3-1-2-4-7-5/h1-4H. The molecule has 5 nitrogen and oxygen atoms in total. The lowest BCUT2D eigenvalue weighted by Crippen LogP contribution is -2.08. The molecule has 0 aliphatic carbocycles. The van der Waals surface area contributed by atoms with Crippen LogP contribution in [-0.2, 0) is 14.1 Å². The summed E-state index contributed by atoms with van der Waals surface area (Å²) in [6.07, 6.45) is 1.37. The number of hydrogen-bond acceptors (Lipinski definition) is 5. The zero-order chi connectivity index (χ0) is 9.03. The molecule has 0 saturated heterocycles. The second-order valence-corrected chi connectivity index (χ2v) is 3.21. The summed E-state index contributed by atoms with van der Waals surface area (Å²) in [6.45, 7) is 0. The molecule has 1 aromatic heterocycles. The van der Waals surface area contributed by atoms with Crippen LogP contribution >= 0.6 is 11.9 Å². The lowest BCUT2D eigenvalue weighted by atomic mass is 10.5. The lowest BCUT2D eigenvalue weighted by Gasteiger charge is -1.99. The van der Waals surface area contributed by atoms with Crippen LogP contribution in [0.15, 0.2) is 24.4 Å². The van der Waals surface area contributed by atoms with E-state index < -0.39 is 10.4 Å². The first-order valence-electron chi connectivity index (χ1n) is 2.80. The minimum atomic E-state index is -4.17. The summed E-state index contributed by atoms with van der Waals surface area (Å²) < 4.78 is 28.9. The average molecular weight is 210 g/mol. The Balaban J connectivity index is 2.78. The predicted octanol–water partition coefficient (Wildman–Crippen LogP) is 0.876. The molecule has 0 aromatic carbocycles. The van der Waals surface area contributed by atoms with E-state index >= 15 is 0 Å². The first kappa shape index (κ1) is 9.24. The molecule has 0 atom stereocenters. The van der Waals surface area contributed by atoms with Crippen molar-refractivity contribution in [3.8, 4) is 5.88 Å². The van der Waals surface area contributed by atoms with Gasteiger partial charge in [0.1, 0.15) is 0 Å². The molecule has 12 heavy (non-hydrogen) atoms. The van der Waals surface area contributed by atoms with Crippen molar-refractivity contribution in [2.45, 2.75) is 0 Å². The topological polar surface area (TPSA) is 65.5 Å². The Labute approximate surface area is 74.4 Å². The Kier molecular flexibility index (Phi) is 2.85. The van der Waals surface area contributed by atoms with Crippen molar-refractivity contribution in [1.82, 2.24) is 4.98 Å². The van der Waals surface area contributed by atoms with E-state index in [0.717, 1.165) is 0 Å². The summed E-state index contributed by atoms with van der Waals surface area (Å²) in [5.74, 6) is -0.0989. The summed E-state index contributed by atoms with van der Waals surface area (Å²) in [5, 5.41) is 0. The molecule has 0 fully saturated rings. The monoisotopic (exact) mass is 209 g/mol. The molecule has 0 N–H and O–H groups in total. The SMILES string of the molecule is O=S(=O)(OCl)Oc1ccccn1. The van der Waals surface area contributed by atoms with Crippen LogP contribution in [0, 0.1) is 0 Å². The van der Waals surface area contributed by atoms with Gasteiger partial charge >= 0.3 is 10.4 Å². The number of hydrogen-bond donors (Lipinski definition) is 0. The van der Waals surface area contributed by atoms with Crippen molar-refractivity contribution >= 4 is 22.3 Å². The van der Waals surface area contributed by atoms with Gasteiger partial charge in [0.25, 0.3) is 0 Å². The van der Waals surface area contributed by atoms with Crippen LogP contribution in [0.25, 0.3) is 0 Å². The van der Waals surface area contributed by atoms with Gasteiger partial charge in [-0.25, -0.2) is 4.98 Å². The molecular formula is C5H4ClNO4S. The molecule has 1 aromatic rings. The lowest BCUT2D eigenvalue weighted by molar-refractivity contribution is 0.400. The maximum atomic E-state index is 10.6. The molecule has 0 aliphatic rings. The maximum absolute atomic E-state index is 10.6. The van der Waals surface area contributed by atoms with Crippen molar-refractivity contribution in [2.24, 2.45) is 0 Å². The third-order valence-electron chi connectivity index (χ3n) is 0.902. The molecule has 0 spiro atoms. The van der Waals surface area contributed by atoms with Gasteiger partial charge in [0.15, 0.2) is 0 Å². The van der Waals surface area contributed by atoms with E-state index in [1.807, 2.05) is 0 Å². The van der Waals surface area contributed by atoms with Gasteiger partial charge in [0, 0.05) is 12.3 Å². The highest BCUT2D eigenvalue weighted by molar-refractivity contribution is 7.82. The highest BCUT2D eigenvalue weighted by atomic mass is 35.5. The molecule has 66 valence electrons. The Morgan fingerprint density at radius 1 is 1.42 bits per heavy atom. The second kappa shape index (κ2) is 3.70. The van der Waals surface area contributed by atoms with E-state index in [1.54, 1.807) is 12.1 Å². The van der Waals surface area contributed by atoms with E-state index in [2.05, 4.69) is 24.8 Å². The molecule has 0 bridgehead atoms. The van der Waals surface area contributed by atoms with Gasteiger partial charge in [-0.3, -0.25) is 0 Å². The third-order valence-corrected chi connectivity index (χ3v) is 1.89. The fourth-order valence-corrected chi connectivity index (χ4v) is 0.924. The normalized spacial score (nSPS) is 11.1. The zero-order valence-electron chi connectivity index (χ0n) is 5.68. The maximum Gasteiger partial charge on any atom is 0.467 e. The van der Waals surface area contributed by atoms with Crippen molar-refractivity contribution < 1.29 is 16.3 Å². The van der Waals surface area contributed by atoms with E-state index in [0.29, 0.717) is 0 Å². The van der Waals surface area contributed by atoms with Crippen LogP contribution in [0.1, 0.15) is 0 Å². The fraction of sp³-hybridized carbons (Fsp3) is 0. The number of rotatable bonds is 3. The highest BCUT2D eigenvalue weighted by Gasteiger charge is 2.12. The summed E-state index contributed by atoms with van der Waals surface area (Å²) in [6, 6.07) is 4.53. The van der Waals surface area contributed by atoms with Gasteiger partial charge in [-0.15, -0.1) is 3.74 Å². The number of aromatic nitrogens is 1. The molecule has 1 rings (SSSR count). The Morgan fingerprint density at radius 2 is 2.17 bits per heavy atom. The Hall–Kier alpha value is -0.850. The summed E-state index contributed by atoms with van der Waals surface area (Å²) in [4.78, 5) is 3.57. The Morgan fingerprint density at radius 3 is 2.67 bits per heavy atom. The fourth-order valence-electron chi connectivity index (χ4n) is 0.514. The molecule has 0 aliphatic heterocycles. The number of pyridine rings is 1. The van der Waals surface area contributed by atoms with Gasteiger partial charge in [-0.05, 0) is 6.07 Å². The number of halogens is 1. The summed E-state index contributed by atoms with van der Waals surface area (Å²) >= 11 is 4.60. The van der Waals surface area contributed by atoms with E-state index in [9.17, 15) is 8.42 Å². The second-order valence-electron chi connectivity index (χ2n) is 1.72. The predicted molar refractivity (Wildman–Crippen MR) is 40.7 cm³/mol. The van der Waals surface area contributed by atoms with Gasteiger partial charge in [0.05, 0.1) is 11.9 Å². The molecule has 0 saturated carbocycles. The van der Waals surface area contributed by atoms with Gasteiger partial charge in [0.2, 0.25) is 5.88 Å². The summed E-state index contributed by atoms with van der Waals surface area (Å²) in [5.41, 5.74) is 0. The minimum Gasteiger partial charge on any atom is -0.340 e. The van der Waals surface area contributed by atoms with Crippen LogP contribution in [0.2, 0.25) is 0 Å². The average Bonchev–Trinajstić information content (AvgIpc) is 2.06. The summed E-state index contributed by atoms with van der Waals surface area (Å²) in [7, 11) is -4.17. The first-order valence-corrected chi connectivity index (χ1v) is 4.44. The molecular weight excluding hydrogens is 206 g/mol. The smallest absolute Gasteiger partial charge is 0.340 e. The van der Waals surface area contributed by atoms with E-state index in [-0.39, 0.29) is 5.88 Å². The largest absolute Gasteiger partial charge is 0.467 e. The van der Waals surface area contributed by atoms with Crippen molar-refractivity contribution in [3.63, 3.8) is 0 Å². The van der Waals surface area contributed by atoms with Crippen LogP contribution < -0.4 is 4.18 Å². The van der Waals surface area contributed by atoms with Crippen molar-refractivity contribution in [3.05, 3.63) is 24.4 Å². The number of nitrogens with zero attached hydrogens (tertiary/aromatic N) is 1. The quantitative estimate of drug-likeness (QED) is 0.739. The highest BCUT2D eigenvalue weighted by Crippen LogP contribution is 2.08. The first-order chi connectivity index (χ1) is 5.64. The van der Waals surface area contributed by atoms with Crippen molar-refractivity contribution in [2.75, 3.05) is 0 Å². The molecule has 0 radical (unpaired) electrons. The van der Waals surface area contributed by atoms with Gasteiger partial charge in [-0.1, -0.05) is 6.07 Å².